The van der Waals surface area contributed by atoms with E-state index in [9.17, 15) is 14.0 Å². The predicted octanol–water partition coefficient (Wildman–Crippen LogP) is 2.97. The monoisotopic (exact) mass is 381 g/mol. The highest BCUT2D eigenvalue weighted by Crippen LogP contribution is 2.27. The summed E-state index contributed by atoms with van der Waals surface area (Å²) in [6, 6.07) is 8.68. The Bertz CT molecular complexity index is 812. The second-order valence-corrected chi connectivity index (χ2v) is 5.60. The Balaban J connectivity index is 1.87. The summed E-state index contributed by atoms with van der Waals surface area (Å²) in [5.41, 5.74) is 0.438. The van der Waals surface area contributed by atoms with Crippen LogP contribution in [-0.2, 0) is 16.1 Å². The third-order valence-electron chi connectivity index (χ3n) is 3.42. The Labute approximate surface area is 154 Å². The molecule has 0 saturated carbocycles. The van der Waals surface area contributed by atoms with Gasteiger partial charge in [0.15, 0.2) is 18.1 Å². The normalized spacial score (nSPS) is 10.2. The van der Waals surface area contributed by atoms with Crippen LogP contribution in [0.2, 0.25) is 5.02 Å². The maximum Gasteiger partial charge on any atom is 0.341 e. The van der Waals surface area contributed by atoms with Crippen molar-refractivity contribution in [1.29, 1.82) is 0 Å². The van der Waals surface area contributed by atoms with Gasteiger partial charge in [-0.15, -0.1) is 0 Å². The van der Waals surface area contributed by atoms with Gasteiger partial charge in [-0.25, -0.2) is 9.18 Å². The van der Waals surface area contributed by atoms with Crippen LogP contribution in [0.25, 0.3) is 0 Å². The lowest BCUT2D eigenvalue weighted by Gasteiger charge is -2.10. The molecule has 6 nitrogen and oxygen atoms in total. The molecule has 0 heterocycles. The minimum atomic E-state index is -0.966. The maximum absolute atomic E-state index is 13.6. The second kappa shape index (κ2) is 9.05. The van der Waals surface area contributed by atoms with Gasteiger partial charge < -0.3 is 19.5 Å². The van der Waals surface area contributed by atoms with Crippen molar-refractivity contribution in [2.75, 3.05) is 20.8 Å². The first-order chi connectivity index (χ1) is 12.4. The smallest absolute Gasteiger partial charge is 0.341 e. The van der Waals surface area contributed by atoms with Crippen molar-refractivity contribution in [3.8, 4) is 11.5 Å². The number of methoxy groups -OCH3 is 2. The predicted molar refractivity (Wildman–Crippen MR) is 93.1 cm³/mol. The Hall–Kier alpha value is -2.80. The molecule has 0 radical (unpaired) electrons. The standard InChI is InChI=1S/C18H17ClFNO5/c1-24-15-6-3-11(7-16(15)25-2)9-21-17(22)10-26-18(23)13-8-12(19)4-5-14(13)20/h3-8H,9-10H2,1-2H3,(H,21,22). The number of esters is 1. The average molecular weight is 382 g/mol. The number of hydrogen-bond donors (Lipinski definition) is 1. The summed E-state index contributed by atoms with van der Waals surface area (Å²) in [6.07, 6.45) is 0. The fourth-order valence-corrected chi connectivity index (χ4v) is 2.28. The van der Waals surface area contributed by atoms with Crippen LogP contribution in [0, 0.1) is 5.82 Å². The van der Waals surface area contributed by atoms with Gasteiger partial charge in [0.25, 0.3) is 5.91 Å². The van der Waals surface area contributed by atoms with Crippen LogP contribution < -0.4 is 14.8 Å². The van der Waals surface area contributed by atoms with Gasteiger partial charge in [-0.2, -0.15) is 0 Å². The van der Waals surface area contributed by atoms with Crippen molar-refractivity contribution in [1.82, 2.24) is 5.32 Å². The number of ether oxygens (including phenoxy) is 3. The Morgan fingerprint density at radius 1 is 1.08 bits per heavy atom. The topological polar surface area (TPSA) is 73.9 Å². The minimum absolute atomic E-state index is 0.191. The molecule has 0 aromatic heterocycles. The Morgan fingerprint density at radius 3 is 2.50 bits per heavy atom. The third-order valence-corrected chi connectivity index (χ3v) is 3.66. The van der Waals surface area contributed by atoms with Gasteiger partial charge in [0.05, 0.1) is 19.8 Å². The zero-order chi connectivity index (χ0) is 19.1. The zero-order valence-electron chi connectivity index (χ0n) is 14.2. The third kappa shape index (κ3) is 5.10. The number of halogens is 2. The van der Waals surface area contributed by atoms with Crippen molar-refractivity contribution in [3.05, 3.63) is 58.4 Å². The number of rotatable bonds is 7. The molecular weight excluding hydrogens is 365 g/mol. The van der Waals surface area contributed by atoms with Crippen molar-refractivity contribution in [2.45, 2.75) is 6.54 Å². The van der Waals surface area contributed by atoms with Crippen LogP contribution in [0.5, 0.6) is 11.5 Å². The van der Waals surface area contributed by atoms with Crippen LogP contribution in [0.1, 0.15) is 15.9 Å². The molecule has 138 valence electrons. The van der Waals surface area contributed by atoms with Crippen LogP contribution >= 0.6 is 11.6 Å². The molecule has 1 N–H and O–H groups in total. The summed E-state index contributed by atoms with van der Waals surface area (Å²) >= 11 is 5.71. The van der Waals surface area contributed by atoms with Crippen LogP contribution in [0.3, 0.4) is 0 Å². The molecule has 0 aliphatic rings. The number of benzene rings is 2. The van der Waals surface area contributed by atoms with Gasteiger partial charge in [0.1, 0.15) is 5.82 Å². The second-order valence-electron chi connectivity index (χ2n) is 5.17. The number of carbonyl (C=O) groups is 2. The largest absolute Gasteiger partial charge is 0.493 e. The molecule has 8 heteroatoms. The van der Waals surface area contributed by atoms with E-state index < -0.39 is 24.3 Å². The Kier molecular flexibility index (Phi) is 6.80. The van der Waals surface area contributed by atoms with E-state index in [0.717, 1.165) is 17.7 Å². The molecule has 0 spiro atoms. The molecule has 2 aromatic carbocycles. The van der Waals surface area contributed by atoms with Gasteiger partial charge in [-0.3, -0.25) is 4.79 Å². The van der Waals surface area contributed by atoms with E-state index in [0.29, 0.717) is 11.5 Å². The highest BCUT2D eigenvalue weighted by molar-refractivity contribution is 6.30. The molecule has 0 atom stereocenters. The van der Waals surface area contributed by atoms with E-state index in [1.807, 2.05) is 0 Å². The van der Waals surface area contributed by atoms with E-state index in [-0.39, 0.29) is 17.1 Å². The fraction of sp³-hybridized carbons (Fsp3) is 0.222. The molecule has 2 aromatic rings. The molecule has 0 aliphatic heterocycles. The lowest BCUT2D eigenvalue weighted by atomic mass is 10.2. The first-order valence-electron chi connectivity index (χ1n) is 7.54. The molecule has 0 fully saturated rings. The van der Waals surface area contributed by atoms with Crippen molar-refractivity contribution in [3.63, 3.8) is 0 Å². The van der Waals surface area contributed by atoms with Crippen molar-refractivity contribution in [2.24, 2.45) is 0 Å². The summed E-state index contributed by atoms with van der Waals surface area (Å²) in [5.74, 6) is -1.17. The fourth-order valence-electron chi connectivity index (χ4n) is 2.11. The van der Waals surface area contributed by atoms with E-state index in [2.05, 4.69) is 5.32 Å². The van der Waals surface area contributed by atoms with Gasteiger partial charge in [0, 0.05) is 11.6 Å². The van der Waals surface area contributed by atoms with Gasteiger partial charge in [-0.05, 0) is 35.9 Å². The number of amides is 1. The molecule has 0 bridgehead atoms. The first-order valence-corrected chi connectivity index (χ1v) is 7.92. The lowest BCUT2D eigenvalue weighted by molar-refractivity contribution is -0.124. The quantitative estimate of drug-likeness (QED) is 0.746. The van der Waals surface area contributed by atoms with Crippen LogP contribution in [0.15, 0.2) is 36.4 Å². The summed E-state index contributed by atoms with van der Waals surface area (Å²) in [4.78, 5) is 23.6. The number of nitrogens with one attached hydrogen (secondary N) is 1. The van der Waals surface area contributed by atoms with Crippen LogP contribution in [0.4, 0.5) is 4.39 Å². The Morgan fingerprint density at radius 2 is 1.81 bits per heavy atom. The molecule has 0 unspecified atom stereocenters. The molecule has 0 aliphatic carbocycles. The summed E-state index contributed by atoms with van der Waals surface area (Å²) < 4.78 is 28.7. The van der Waals surface area contributed by atoms with E-state index in [1.54, 1.807) is 18.2 Å². The van der Waals surface area contributed by atoms with Gasteiger partial charge in [0.2, 0.25) is 0 Å². The highest BCUT2D eigenvalue weighted by Gasteiger charge is 2.15. The minimum Gasteiger partial charge on any atom is -0.493 e. The highest BCUT2D eigenvalue weighted by atomic mass is 35.5. The van der Waals surface area contributed by atoms with Crippen molar-refractivity contribution < 1.29 is 28.2 Å². The van der Waals surface area contributed by atoms with Crippen molar-refractivity contribution >= 4 is 23.5 Å². The molecule has 1 amide bonds. The zero-order valence-corrected chi connectivity index (χ0v) is 14.9. The van der Waals surface area contributed by atoms with Gasteiger partial charge >= 0.3 is 5.97 Å². The molecule has 2 rings (SSSR count). The van der Waals surface area contributed by atoms with E-state index >= 15 is 0 Å². The van der Waals surface area contributed by atoms with Gasteiger partial charge in [-0.1, -0.05) is 17.7 Å². The lowest BCUT2D eigenvalue weighted by Crippen LogP contribution is -2.28. The summed E-state index contributed by atoms with van der Waals surface area (Å²) in [5, 5.41) is 2.78. The molecule has 26 heavy (non-hydrogen) atoms. The molecular formula is C18H17ClFNO5. The number of carbonyl (C=O) groups excluding carboxylic acids is 2. The average Bonchev–Trinajstić information content (AvgIpc) is 2.65. The SMILES string of the molecule is COc1ccc(CNC(=O)COC(=O)c2cc(Cl)ccc2F)cc1OC. The maximum atomic E-state index is 13.6. The number of hydrogen-bond acceptors (Lipinski definition) is 5. The van der Waals surface area contributed by atoms with Crippen LogP contribution in [-0.4, -0.2) is 32.7 Å². The summed E-state index contributed by atoms with van der Waals surface area (Å²) in [6.45, 7) is -0.347. The van der Waals surface area contributed by atoms with E-state index in [4.69, 9.17) is 25.8 Å². The first kappa shape index (κ1) is 19.5. The molecule has 0 saturated heterocycles. The van der Waals surface area contributed by atoms with E-state index in [1.165, 1.54) is 20.3 Å². The summed E-state index contributed by atoms with van der Waals surface area (Å²) in [7, 11) is 3.03.